The number of halogens is 4. The van der Waals surface area contributed by atoms with Gasteiger partial charge in [-0.2, -0.15) is 0 Å². The quantitative estimate of drug-likeness (QED) is 0.494. The normalized spacial score (nSPS) is 10.7. The molecule has 9 heteroatoms. The minimum Gasteiger partial charge on any atom is -0.544 e. The summed E-state index contributed by atoms with van der Waals surface area (Å²) in [7, 11) is 0. The molecule has 0 spiro atoms. The van der Waals surface area contributed by atoms with E-state index >= 15 is 0 Å². The Morgan fingerprint density at radius 3 is 1.07 bits per heavy atom. The number of hydrogen-bond donors (Lipinski definition) is 0. The molecular formula is C6H2CdCl4O4. The van der Waals surface area contributed by atoms with Gasteiger partial charge in [0, 0.05) is 11.1 Å². The van der Waals surface area contributed by atoms with Gasteiger partial charge in [0.2, 0.25) is 0 Å². The van der Waals surface area contributed by atoms with E-state index in [1.807, 2.05) is 0 Å². The third kappa shape index (κ3) is 14.5. The van der Waals surface area contributed by atoms with Crippen molar-refractivity contribution in [1.29, 1.82) is 0 Å². The van der Waals surface area contributed by atoms with E-state index in [4.69, 9.17) is 46.4 Å². The largest absolute Gasteiger partial charge is 2.00 e. The van der Waals surface area contributed by atoms with Gasteiger partial charge in [-0.05, 0) is 0 Å². The monoisotopic (exact) mass is 392 g/mol. The molecule has 0 aliphatic heterocycles. The van der Waals surface area contributed by atoms with Crippen molar-refractivity contribution in [3.63, 3.8) is 0 Å². The van der Waals surface area contributed by atoms with Crippen LogP contribution in [-0.4, -0.2) is 11.9 Å². The van der Waals surface area contributed by atoms with Crippen LogP contribution in [0.4, 0.5) is 0 Å². The van der Waals surface area contributed by atoms with Crippen LogP contribution in [0.25, 0.3) is 0 Å². The van der Waals surface area contributed by atoms with Gasteiger partial charge in [-0.25, -0.2) is 0 Å². The average molecular weight is 392 g/mol. The van der Waals surface area contributed by atoms with Gasteiger partial charge in [-0.15, -0.1) is 0 Å². The smallest absolute Gasteiger partial charge is 0.544 e. The molecule has 0 aromatic heterocycles. The maximum atomic E-state index is 9.53. The fourth-order valence-electron chi connectivity index (χ4n) is 0.0891. The van der Waals surface area contributed by atoms with Gasteiger partial charge in [0.1, 0.15) is 0 Å². The number of carboxylic acids is 2. The van der Waals surface area contributed by atoms with Crippen molar-refractivity contribution in [1.82, 2.24) is 0 Å². The molecule has 0 heterocycles. The van der Waals surface area contributed by atoms with Crippen molar-refractivity contribution in [3.05, 3.63) is 21.1 Å². The van der Waals surface area contributed by atoms with Gasteiger partial charge < -0.3 is 19.8 Å². The Morgan fingerprint density at radius 2 is 1.07 bits per heavy atom. The van der Waals surface area contributed by atoms with E-state index in [-0.39, 0.29) is 27.3 Å². The summed E-state index contributed by atoms with van der Waals surface area (Å²) in [4.78, 5) is 19.1. The first-order valence-electron chi connectivity index (χ1n) is 2.71. The molecule has 0 saturated carbocycles. The topological polar surface area (TPSA) is 80.3 Å². The summed E-state index contributed by atoms with van der Waals surface area (Å²) < 4.78 is 0. The number of rotatable bonds is 2. The summed E-state index contributed by atoms with van der Waals surface area (Å²) in [5, 5.41) is 18.1. The van der Waals surface area contributed by atoms with Crippen molar-refractivity contribution in [3.8, 4) is 0 Å². The Bertz CT molecular complexity index is 248. The van der Waals surface area contributed by atoms with Crippen LogP contribution in [0.5, 0.6) is 0 Å². The van der Waals surface area contributed by atoms with Crippen LogP contribution in [0.3, 0.4) is 0 Å². The summed E-state index contributed by atoms with van der Waals surface area (Å²) in [5.41, 5.74) is 1.47. The Hall–Kier alpha value is 0.502. The molecule has 0 N–H and O–H groups in total. The van der Waals surface area contributed by atoms with Crippen LogP contribution in [0.15, 0.2) is 21.1 Å². The third-order valence-corrected chi connectivity index (χ3v) is 1.77. The Kier molecular flexibility index (Phi) is 17.5. The molecule has 0 aliphatic rings. The number of carboxylic acid groups (broad SMARTS) is 2. The van der Waals surface area contributed by atoms with Crippen LogP contribution in [-0.2, 0) is 36.9 Å². The molecule has 0 atom stereocenters. The summed E-state index contributed by atoms with van der Waals surface area (Å²) in [6.07, 6.45) is 0. The van der Waals surface area contributed by atoms with Gasteiger partial charge in [0.15, 0.2) is 0 Å². The van der Waals surface area contributed by atoms with Crippen molar-refractivity contribution < 1.29 is 47.1 Å². The fraction of sp³-hybridized carbons (Fsp3) is 0. The molecule has 0 aromatic carbocycles. The van der Waals surface area contributed by atoms with Crippen LogP contribution >= 0.6 is 46.4 Å². The first kappa shape index (κ1) is 20.9. The Labute approximate surface area is 126 Å². The second-order valence-electron chi connectivity index (χ2n) is 1.49. The second kappa shape index (κ2) is 12.6. The number of hydrogen-bond acceptors (Lipinski definition) is 4. The minimum atomic E-state index is -1.46. The van der Waals surface area contributed by atoms with Gasteiger partial charge >= 0.3 is 27.3 Å². The van der Waals surface area contributed by atoms with Crippen LogP contribution in [0.1, 0.15) is 0 Å². The standard InChI is InChI=1S/2C3H2Cl2O2.Cd/c2*4-1-2(5)3(6)7;/h2*1H,(H,6,7);/q;;+2/p-2/b2*2-1-;. The molecule has 0 radical (unpaired) electrons. The molecule has 0 aliphatic carbocycles. The van der Waals surface area contributed by atoms with E-state index in [0.717, 1.165) is 11.1 Å². The van der Waals surface area contributed by atoms with E-state index in [9.17, 15) is 19.8 Å². The molecule has 0 unspecified atom stereocenters. The summed E-state index contributed by atoms with van der Waals surface area (Å²) in [5.74, 6) is -2.92. The van der Waals surface area contributed by atoms with E-state index in [1.54, 1.807) is 0 Å². The SMILES string of the molecule is O=C([O-])/C(Cl)=C/Cl.O=C([O-])/C(Cl)=C/Cl.[Cd+2]. The van der Waals surface area contributed by atoms with E-state index in [2.05, 4.69) is 0 Å². The molecule has 0 saturated heterocycles. The fourth-order valence-corrected chi connectivity index (χ4v) is 0.267. The number of carbonyl (C=O) groups excluding carboxylic acids is 2. The zero-order valence-electron chi connectivity index (χ0n) is 7.01. The summed E-state index contributed by atoms with van der Waals surface area (Å²) in [6, 6.07) is 0. The number of carbonyl (C=O) groups is 2. The van der Waals surface area contributed by atoms with Crippen molar-refractivity contribution >= 4 is 58.3 Å². The summed E-state index contributed by atoms with van der Waals surface area (Å²) >= 11 is 19.4. The average Bonchev–Trinajstić information content (AvgIpc) is 2.15. The second-order valence-corrected chi connectivity index (χ2v) is 2.74. The predicted molar refractivity (Wildman–Crippen MR) is 49.6 cm³/mol. The first-order valence-corrected chi connectivity index (χ1v) is 4.34. The first-order chi connectivity index (χ1) is 6.36. The van der Waals surface area contributed by atoms with Crippen molar-refractivity contribution in [2.24, 2.45) is 0 Å². The van der Waals surface area contributed by atoms with Gasteiger partial charge in [0.25, 0.3) is 0 Å². The van der Waals surface area contributed by atoms with Gasteiger partial charge in [0.05, 0.1) is 22.0 Å². The van der Waals surface area contributed by atoms with Crippen LogP contribution in [0.2, 0.25) is 0 Å². The predicted octanol–water partition coefficient (Wildman–Crippen LogP) is 0.108. The maximum Gasteiger partial charge on any atom is 2.00 e. The van der Waals surface area contributed by atoms with E-state index in [1.165, 1.54) is 0 Å². The van der Waals surface area contributed by atoms with E-state index in [0.29, 0.717) is 0 Å². The molecule has 80 valence electrons. The molecule has 0 amide bonds. The molecule has 0 fully saturated rings. The van der Waals surface area contributed by atoms with E-state index < -0.39 is 22.0 Å². The molecule has 0 aromatic rings. The molecule has 0 bridgehead atoms. The van der Waals surface area contributed by atoms with Crippen molar-refractivity contribution in [2.45, 2.75) is 0 Å². The van der Waals surface area contributed by atoms with Gasteiger partial charge in [-0.1, -0.05) is 46.4 Å². The van der Waals surface area contributed by atoms with Gasteiger partial charge in [-0.3, -0.25) is 0 Å². The summed E-state index contributed by atoms with van der Waals surface area (Å²) in [6.45, 7) is 0. The minimum absolute atomic E-state index is 0. The molecule has 15 heavy (non-hydrogen) atoms. The molecular weight excluding hydrogens is 390 g/mol. The third-order valence-electron chi connectivity index (χ3n) is 0.582. The molecule has 0 rings (SSSR count). The number of aliphatic carboxylic acids is 2. The Morgan fingerprint density at radius 1 is 0.867 bits per heavy atom. The zero-order chi connectivity index (χ0) is 11.7. The zero-order valence-corrected chi connectivity index (χ0v) is 14.1. The van der Waals surface area contributed by atoms with Crippen molar-refractivity contribution in [2.75, 3.05) is 0 Å². The van der Waals surface area contributed by atoms with Crippen LogP contribution < -0.4 is 10.2 Å². The maximum absolute atomic E-state index is 9.53. The van der Waals surface area contributed by atoms with Crippen LogP contribution in [0, 0.1) is 0 Å². The molecule has 4 nitrogen and oxygen atoms in total. The Balaban J connectivity index is -0.000000180.